The van der Waals surface area contributed by atoms with E-state index in [-0.39, 0.29) is 16.0 Å². The molecule has 2 rings (SSSR count). The molecule has 1 aliphatic rings. The molecular formula is C14H20N2O2. The summed E-state index contributed by atoms with van der Waals surface area (Å²) in [5.74, 6) is 0.603. The van der Waals surface area contributed by atoms with Crippen LogP contribution in [0.4, 0.5) is 11.4 Å². The molecule has 0 aromatic heterocycles. The molecule has 1 aromatic carbocycles. The van der Waals surface area contributed by atoms with Crippen molar-refractivity contribution in [2.24, 2.45) is 5.92 Å². The molecule has 0 radical (unpaired) electrons. The molecule has 4 heteroatoms. The zero-order valence-corrected chi connectivity index (χ0v) is 11.4. The Kier molecular flexibility index (Phi) is 3.05. The normalized spacial score (nSPS) is 20.6. The van der Waals surface area contributed by atoms with Crippen LogP contribution in [-0.4, -0.2) is 11.0 Å². The lowest BCUT2D eigenvalue weighted by Gasteiger charge is -2.29. The first-order valence-electron chi connectivity index (χ1n) is 6.38. The summed E-state index contributed by atoms with van der Waals surface area (Å²) >= 11 is 0. The standard InChI is InChI=1S/C14H20N2O2/c1-9(2)7-13-14(3,4)11-6-5-10(16(17)18)8-12(11)15-13/h5-6,8-9,13,15H,7H2,1-4H3. The van der Waals surface area contributed by atoms with Crippen LogP contribution >= 0.6 is 0 Å². The number of nitrogens with zero attached hydrogens (tertiary/aromatic N) is 1. The van der Waals surface area contributed by atoms with E-state index in [0.717, 1.165) is 12.1 Å². The molecular weight excluding hydrogens is 228 g/mol. The summed E-state index contributed by atoms with van der Waals surface area (Å²) < 4.78 is 0. The summed E-state index contributed by atoms with van der Waals surface area (Å²) in [6.45, 7) is 8.79. The van der Waals surface area contributed by atoms with E-state index in [1.807, 2.05) is 6.07 Å². The third-order valence-electron chi connectivity index (χ3n) is 3.82. The first-order valence-corrected chi connectivity index (χ1v) is 6.38. The van der Waals surface area contributed by atoms with Crippen molar-refractivity contribution in [3.05, 3.63) is 33.9 Å². The van der Waals surface area contributed by atoms with Crippen LogP contribution < -0.4 is 5.32 Å². The average Bonchev–Trinajstić information content (AvgIpc) is 2.49. The third kappa shape index (κ3) is 2.07. The van der Waals surface area contributed by atoms with Gasteiger partial charge in [0.15, 0.2) is 0 Å². The molecule has 0 fully saturated rings. The minimum Gasteiger partial charge on any atom is -0.381 e. The second kappa shape index (κ2) is 4.26. The van der Waals surface area contributed by atoms with Gasteiger partial charge >= 0.3 is 0 Å². The Bertz CT molecular complexity index is 481. The van der Waals surface area contributed by atoms with E-state index >= 15 is 0 Å². The topological polar surface area (TPSA) is 55.2 Å². The molecule has 1 heterocycles. The van der Waals surface area contributed by atoms with Crippen LogP contribution in [0.3, 0.4) is 0 Å². The largest absolute Gasteiger partial charge is 0.381 e. The van der Waals surface area contributed by atoms with Crippen LogP contribution in [-0.2, 0) is 5.41 Å². The molecule has 1 aromatic rings. The number of fused-ring (bicyclic) bond motifs is 1. The minimum atomic E-state index is -0.343. The maximum Gasteiger partial charge on any atom is 0.271 e. The summed E-state index contributed by atoms with van der Waals surface area (Å²) in [6.07, 6.45) is 1.06. The zero-order valence-electron chi connectivity index (χ0n) is 11.4. The molecule has 98 valence electrons. The molecule has 0 bridgehead atoms. The number of hydrogen-bond acceptors (Lipinski definition) is 3. The fourth-order valence-electron chi connectivity index (χ4n) is 2.71. The number of nitrogens with one attached hydrogen (secondary N) is 1. The number of nitro groups is 1. The predicted octanol–water partition coefficient (Wildman–Crippen LogP) is 3.71. The summed E-state index contributed by atoms with van der Waals surface area (Å²) in [5, 5.41) is 14.2. The van der Waals surface area contributed by atoms with E-state index in [9.17, 15) is 10.1 Å². The van der Waals surface area contributed by atoms with E-state index in [2.05, 4.69) is 33.0 Å². The minimum absolute atomic E-state index is 0.0226. The zero-order chi connectivity index (χ0) is 13.5. The molecule has 1 N–H and O–H groups in total. The molecule has 0 aliphatic carbocycles. The fraction of sp³-hybridized carbons (Fsp3) is 0.571. The van der Waals surface area contributed by atoms with Gasteiger partial charge < -0.3 is 5.32 Å². The van der Waals surface area contributed by atoms with Crippen LogP contribution in [0.1, 0.15) is 39.7 Å². The lowest BCUT2D eigenvalue weighted by Crippen LogP contribution is -2.34. The van der Waals surface area contributed by atoms with Crippen molar-refractivity contribution < 1.29 is 4.92 Å². The summed E-state index contributed by atoms with van der Waals surface area (Å²) in [4.78, 5) is 10.5. The van der Waals surface area contributed by atoms with E-state index < -0.39 is 0 Å². The van der Waals surface area contributed by atoms with Gasteiger partial charge in [-0.1, -0.05) is 27.7 Å². The van der Waals surface area contributed by atoms with Gasteiger partial charge in [0.25, 0.3) is 5.69 Å². The highest BCUT2D eigenvalue weighted by Crippen LogP contribution is 2.44. The Labute approximate surface area is 108 Å². The fourth-order valence-corrected chi connectivity index (χ4v) is 2.71. The first-order chi connectivity index (χ1) is 8.32. The molecule has 1 aliphatic heterocycles. The Morgan fingerprint density at radius 3 is 2.67 bits per heavy atom. The highest BCUT2D eigenvalue weighted by atomic mass is 16.6. The van der Waals surface area contributed by atoms with Crippen molar-refractivity contribution in [2.45, 2.75) is 45.6 Å². The quantitative estimate of drug-likeness (QED) is 0.655. The van der Waals surface area contributed by atoms with Crippen molar-refractivity contribution in [2.75, 3.05) is 5.32 Å². The SMILES string of the molecule is CC(C)CC1Nc2cc([N+](=O)[O-])ccc2C1(C)C. The van der Waals surface area contributed by atoms with Crippen molar-refractivity contribution >= 4 is 11.4 Å². The van der Waals surface area contributed by atoms with Crippen LogP contribution in [0.25, 0.3) is 0 Å². The van der Waals surface area contributed by atoms with Gasteiger partial charge in [-0.2, -0.15) is 0 Å². The average molecular weight is 248 g/mol. The van der Waals surface area contributed by atoms with Gasteiger partial charge in [-0.15, -0.1) is 0 Å². The first kappa shape index (κ1) is 12.9. The van der Waals surface area contributed by atoms with E-state index in [1.54, 1.807) is 12.1 Å². The van der Waals surface area contributed by atoms with Gasteiger partial charge in [0.05, 0.1) is 4.92 Å². The number of hydrogen-bond donors (Lipinski definition) is 1. The van der Waals surface area contributed by atoms with Crippen LogP contribution in [0.15, 0.2) is 18.2 Å². The molecule has 4 nitrogen and oxygen atoms in total. The molecule has 1 unspecified atom stereocenters. The van der Waals surface area contributed by atoms with Crippen molar-refractivity contribution in [3.8, 4) is 0 Å². The summed E-state index contributed by atoms with van der Waals surface area (Å²) in [6, 6.07) is 5.48. The molecule has 0 saturated heterocycles. The molecule has 18 heavy (non-hydrogen) atoms. The molecule has 0 saturated carbocycles. The summed E-state index contributed by atoms with van der Waals surface area (Å²) in [5.41, 5.74) is 2.27. The number of benzene rings is 1. The van der Waals surface area contributed by atoms with E-state index in [0.29, 0.717) is 12.0 Å². The van der Waals surface area contributed by atoms with Crippen LogP contribution in [0, 0.1) is 16.0 Å². The van der Waals surface area contributed by atoms with E-state index in [4.69, 9.17) is 0 Å². The van der Waals surface area contributed by atoms with Crippen molar-refractivity contribution in [3.63, 3.8) is 0 Å². The van der Waals surface area contributed by atoms with Gasteiger partial charge in [0.2, 0.25) is 0 Å². The second-order valence-corrected chi connectivity index (χ2v) is 6.04. The highest BCUT2D eigenvalue weighted by molar-refractivity contribution is 5.65. The highest BCUT2D eigenvalue weighted by Gasteiger charge is 2.39. The number of rotatable bonds is 3. The van der Waals surface area contributed by atoms with Crippen LogP contribution in [0.2, 0.25) is 0 Å². The maximum absolute atomic E-state index is 10.8. The lowest BCUT2D eigenvalue weighted by atomic mass is 9.78. The summed E-state index contributed by atoms with van der Waals surface area (Å²) in [7, 11) is 0. The number of anilines is 1. The smallest absolute Gasteiger partial charge is 0.271 e. The van der Waals surface area contributed by atoms with Gasteiger partial charge in [0, 0.05) is 29.3 Å². The molecule has 1 atom stereocenters. The third-order valence-corrected chi connectivity index (χ3v) is 3.82. The second-order valence-electron chi connectivity index (χ2n) is 6.04. The van der Waals surface area contributed by atoms with Gasteiger partial charge in [-0.05, 0) is 24.0 Å². The predicted molar refractivity (Wildman–Crippen MR) is 73.0 cm³/mol. The van der Waals surface area contributed by atoms with Gasteiger partial charge in [0.1, 0.15) is 0 Å². The van der Waals surface area contributed by atoms with Crippen molar-refractivity contribution in [1.82, 2.24) is 0 Å². The van der Waals surface area contributed by atoms with Crippen LogP contribution in [0.5, 0.6) is 0 Å². The Balaban J connectivity index is 2.36. The number of non-ortho nitro benzene ring substituents is 1. The Hall–Kier alpha value is -1.58. The molecule has 0 spiro atoms. The molecule has 0 amide bonds. The van der Waals surface area contributed by atoms with Crippen molar-refractivity contribution in [1.29, 1.82) is 0 Å². The Morgan fingerprint density at radius 1 is 1.44 bits per heavy atom. The monoisotopic (exact) mass is 248 g/mol. The maximum atomic E-state index is 10.8. The van der Waals surface area contributed by atoms with Gasteiger partial charge in [-0.25, -0.2) is 0 Å². The number of nitro benzene ring substituents is 1. The lowest BCUT2D eigenvalue weighted by molar-refractivity contribution is -0.384. The Morgan fingerprint density at radius 2 is 2.11 bits per heavy atom. The van der Waals surface area contributed by atoms with Gasteiger partial charge in [-0.3, -0.25) is 10.1 Å². The van der Waals surface area contributed by atoms with E-state index in [1.165, 1.54) is 5.56 Å².